The van der Waals surface area contributed by atoms with E-state index in [0.717, 1.165) is 32.0 Å². The van der Waals surface area contributed by atoms with E-state index in [1.165, 1.54) is 12.4 Å². The number of hydrogen-bond acceptors (Lipinski definition) is 5. The molecule has 0 atom stereocenters. The number of rotatable bonds is 4. The molecule has 0 saturated carbocycles. The first-order valence-electron chi connectivity index (χ1n) is 7.43. The van der Waals surface area contributed by atoms with Gasteiger partial charge in [-0.3, -0.25) is 4.90 Å². The molecular weight excluding hydrogens is 319 g/mol. The van der Waals surface area contributed by atoms with E-state index in [9.17, 15) is 4.39 Å². The van der Waals surface area contributed by atoms with Crippen LogP contribution in [0.15, 0.2) is 30.6 Å². The molecule has 1 aliphatic rings. The maximum atomic E-state index is 13.9. The monoisotopic (exact) mass is 336 g/mol. The second kappa shape index (κ2) is 7.10. The molecule has 1 aliphatic heterocycles. The van der Waals surface area contributed by atoms with Gasteiger partial charge in [-0.25, -0.2) is 14.4 Å². The molecule has 0 unspecified atom stereocenters. The summed E-state index contributed by atoms with van der Waals surface area (Å²) in [6.45, 7) is 3.78. The molecule has 7 heteroatoms. The molecule has 0 spiro atoms. The number of aromatic nitrogens is 2. The van der Waals surface area contributed by atoms with Crippen LogP contribution in [0.25, 0.3) is 0 Å². The Hall–Kier alpha value is -1.92. The summed E-state index contributed by atoms with van der Waals surface area (Å²) < 4.78 is 19.0. The minimum Gasteiger partial charge on any atom is -0.481 e. The van der Waals surface area contributed by atoms with Crippen LogP contribution >= 0.6 is 11.6 Å². The molecule has 0 aliphatic carbocycles. The van der Waals surface area contributed by atoms with Gasteiger partial charge in [-0.2, -0.15) is 0 Å². The number of hydrogen-bond donors (Lipinski definition) is 0. The van der Waals surface area contributed by atoms with Crippen LogP contribution in [0.1, 0.15) is 5.56 Å². The van der Waals surface area contributed by atoms with Crippen LogP contribution in [0.5, 0.6) is 5.88 Å². The van der Waals surface area contributed by atoms with Gasteiger partial charge in [0.1, 0.15) is 18.0 Å². The van der Waals surface area contributed by atoms with Crippen molar-refractivity contribution < 1.29 is 9.13 Å². The highest BCUT2D eigenvalue weighted by Gasteiger charge is 2.20. The molecule has 2 heterocycles. The molecule has 2 aromatic rings. The van der Waals surface area contributed by atoms with Crippen molar-refractivity contribution in [3.63, 3.8) is 0 Å². The molecule has 0 amide bonds. The van der Waals surface area contributed by atoms with Gasteiger partial charge in [-0.05, 0) is 12.1 Å². The van der Waals surface area contributed by atoms with Crippen molar-refractivity contribution in [1.29, 1.82) is 0 Å². The van der Waals surface area contributed by atoms with Gasteiger partial charge in [-0.1, -0.05) is 17.7 Å². The number of nitrogens with zero attached hydrogens (tertiary/aromatic N) is 4. The molecule has 3 rings (SSSR count). The standard InChI is InChI=1S/C16H18ClFN4O/c1-23-16-9-15(19-11-20-16)22-7-5-21(6-8-22)10-12-13(17)3-2-4-14(12)18/h2-4,9,11H,5-8,10H2,1H3. The summed E-state index contributed by atoms with van der Waals surface area (Å²) in [6, 6.07) is 6.62. The number of ether oxygens (including phenoxy) is 1. The maximum absolute atomic E-state index is 13.9. The van der Waals surface area contributed by atoms with Crippen LogP contribution in [-0.4, -0.2) is 48.2 Å². The summed E-state index contributed by atoms with van der Waals surface area (Å²) in [7, 11) is 1.59. The molecule has 0 N–H and O–H groups in total. The van der Waals surface area contributed by atoms with Crippen LogP contribution in [0, 0.1) is 5.82 Å². The average Bonchev–Trinajstić information content (AvgIpc) is 2.59. The molecule has 1 saturated heterocycles. The van der Waals surface area contributed by atoms with Crippen molar-refractivity contribution in [3.05, 3.63) is 47.0 Å². The van der Waals surface area contributed by atoms with E-state index in [1.807, 2.05) is 6.07 Å². The predicted molar refractivity (Wildman–Crippen MR) is 87.5 cm³/mol. The van der Waals surface area contributed by atoms with Crippen LogP contribution in [0.4, 0.5) is 10.2 Å². The van der Waals surface area contributed by atoms with Gasteiger partial charge in [-0.15, -0.1) is 0 Å². The Bertz CT molecular complexity index is 657. The number of halogens is 2. The molecule has 1 aromatic heterocycles. The Balaban J connectivity index is 1.62. The summed E-state index contributed by atoms with van der Waals surface area (Å²) >= 11 is 6.10. The zero-order valence-electron chi connectivity index (χ0n) is 12.9. The van der Waals surface area contributed by atoms with Crippen molar-refractivity contribution in [2.75, 3.05) is 38.2 Å². The Morgan fingerprint density at radius 1 is 1.22 bits per heavy atom. The lowest BCUT2D eigenvalue weighted by Gasteiger charge is -2.35. The summed E-state index contributed by atoms with van der Waals surface area (Å²) in [5.41, 5.74) is 0.561. The molecular formula is C16H18ClFN4O. The largest absolute Gasteiger partial charge is 0.481 e. The van der Waals surface area contributed by atoms with Crippen molar-refractivity contribution in [3.8, 4) is 5.88 Å². The fraction of sp³-hybridized carbons (Fsp3) is 0.375. The Morgan fingerprint density at radius 3 is 2.70 bits per heavy atom. The fourth-order valence-corrected chi connectivity index (χ4v) is 2.88. The van der Waals surface area contributed by atoms with Crippen molar-refractivity contribution in [2.45, 2.75) is 6.54 Å². The Kier molecular flexibility index (Phi) is 4.93. The second-order valence-corrected chi connectivity index (χ2v) is 5.79. The minimum atomic E-state index is -0.250. The molecule has 0 bridgehead atoms. The quantitative estimate of drug-likeness (QED) is 0.858. The van der Waals surface area contributed by atoms with Gasteiger partial charge in [0.25, 0.3) is 0 Å². The smallest absolute Gasteiger partial charge is 0.218 e. The van der Waals surface area contributed by atoms with Crippen LogP contribution in [0.3, 0.4) is 0 Å². The summed E-state index contributed by atoms with van der Waals surface area (Å²) in [5, 5.41) is 0.480. The normalized spacial score (nSPS) is 15.7. The lowest BCUT2D eigenvalue weighted by atomic mass is 10.2. The van der Waals surface area contributed by atoms with Crippen molar-refractivity contribution >= 4 is 17.4 Å². The summed E-state index contributed by atoms with van der Waals surface area (Å²) in [4.78, 5) is 12.7. The zero-order valence-corrected chi connectivity index (χ0v) is 13.6. The van der Waals surface area contributed by atoms with E-state index in [0.29, 0.717) is 23.0 Å². The molecule has 1 aromatic carbocycles. The van der Waals surface area contributed by atoms with E-state index < -0.39 is 0 Å². The zero-order chi connectivity index (χ0) is 16.2. The number of anilines is 1. The van der Waals surface area contributed by atoms with E-state index in [2.05, 4.69) is 19.8 Å². The predicted octanol–water partition coefficient (Wildman–Crippen LogP) is 2.60. The molecule has 23 heavy (non-hydrogen) atoms. The van der Waals surface area contributed by atoms with Crippen molar-refractivity contribution in [2.24, 2.45) is 0 Å². The SMILES string of the molecule is COc1cc(N2CCN(Cc3c(F)cccc3Cl)CC2)ncn1. The highest BCUT2D eigenvalue weighted by molar-refractivity contribution is 6.31. The fourth-order valence-electron chi connectivity index (χ4n) is 2.66. The maximum Gasteiger partial charge on any atom is 0.218 e. The Labute approximate surface area is 139 Å². The number of methoxy groups -OCH3 is 1. The first kappa shape index (κ1) is 16.0. The molecule has 122 valence electrons. The number of piperazine rings is 1. The van der Waals surface area contributed by atoms with E-state index >= 15 is 0 Å². The number of benzene rings is 1. The molecule has 0 radical (unpaired) electrons. The third kappa shape index (κ3) is 3.71. The van der Waals surface area contributed by atoms with E-state index in [1.54, 1.807) is 19.2 Å². The lowest BCUT2D eigenvalue weighted by Crippen LogP contribution is -2.46. The summed E-state index contributed by atoms with van der Waals surface area (Å²) in [5.74, 6) is 1.15. The first-order valence-corrected chi connectivity index (χ1v) is 7.81. The van der Waals surface area contributed by atoms with Gasteiger partial charge in [0.15, 0.2) is 0 Å². The Morgan fingerprint density at radius 2 is 2.00 bits per heavy atom. The van der Waals surface area contributed by atoms with Crippen LogP contribution < -0.4 is 9.64 Å². The molecule has 5 nitrogen and oxygen atoms in total. The third-order valence-electron chi connectivity index (χ3n) is 3.98. The topological polar surface area (TPSA) is 41.5 Å². The van der Waals surface area contributed by atoms with Crippen LogP contribution in [-0.2, 0) is 6.54 Å². The van der Waals surface area contributed by atoms with Gasteiger partial charge in [0.2, 0.25) is 5.88 Å². The third-order valence-corrected chi connectivity index (χ3v) is 4.33. The first-order chi connectivity index (χ1) is 11.2. The minimum absolute atomic E-state index is 0.250. The molecule has 1 fully saturated rings. The van der Waals surface area contributed by atoms with Gasteiger partial charge in [0.05, 0.1) is 7.11 Å². The van der Waals surface area contributed by atoms with Gasteiger partial charge < -0.3 is 9.64 Å². The van der Waals surface area contributed by atoms with Gasteiger partial charge >= 0.3 is 0 Å². The lowest BCUT2D eigenvalue weighted by molar-refractivity contribution is 0.246. The van der Waals surface area contributed by atoms with E-state index in [4.69, 9.17) is 16.3 Å². The van der Waals surface area contributed by atoms with Crippen LogP contribution in [0.2, 0.25) is 5.02 Å². The average molecular weight is 337 g/mol. The van der Waals surface area contributed by atoms with Gasteiger partial charge in [0, 0.05) is 49.4 Å². The highest BCUT2D eigenvalue weighted by Crippen LogP contribution is 2.22. The van der Waals surface area contributed by atoms with E-state index in [-0.39, 0.29) is 5.82 Å². The second-order valence-electron chi connectivity index (χ2n) is 5.38. The van der Waals surface area contributed by atoms with Crippen molar-refractivity contribution in [1.82, 2.24) is 14.9 Å². The highest BCUT2D eigenvalue weighted by atomic mass is 35.5. The summed E-state index contributed by atoms with van der Waals surface area (Å²) in [6.07, 6.45) is 1.50.